The molecule has 27 heavy (non-hydrogen) atoms. The van der Waals surface area contributed by atoms with Crippen molar-refractivity contribution in [2.45, 2.75) is 32.9 Å². The van der Waals surface area contributed by atoms with Gasteiger partial charge in [0.25, 0.3) is 0 Å². The first kappa shape index (κ1) is 18.9. The fourth-order valence-corrected chi connectivity index (χ4v) is 3.21. The zero-order chi connectivity index (χ0) is 19.6. The van der Waals surface area contributed by atoms with Crippen LogP contribution in [-0.2, 0) is 11.3 Å². The van der Waals surface area contributed by atoms with Crippen molar-refractivity contribution in [3.05, 3.63) is 47.5 Å². The molecule has 0 bridgehead atoms. The Labute approximate surface area is 157 Å². The standard InChI is InChI=1S/C19H24FN5O2/c1-13-10-14(2)25(22-13)9-8-23(3)19(27)21-16-11-18(26)24(12-16)17-6-4-15(20)5-7-17/h4-7,10,16H,8-9,11-12H2,1-3H3,(H,21,27). The van der Waals surface area contributed by atoms with Crippen molar-refractivity contribution in [2.75, 3.05) is 25.0 Å². The predicted octanol–water partition coefficient (Wildman–Crippen LogP) is 2.09. The Morgan fingerprint density at radius 2 is 2.04 bits per heavy atom. The number of nitrogens with zero attached hydrogens (tertiary/aromatic N) is 4. The molecule has 0 spiro atoms. The van der Waals surface area contributed by atoms with E-state index in [0.717, 1.165) is 11.4 Å². The Bertz CT molecular complexity index is 833. The average Bonchev–Trinajstić information content (AvgIpc) is 3.14. The summed E-state index contributed by atoms with van der Waals surface area (Å²) < 4.78 is 14.9. The van der Waals surface area contributed by atoms with Crippen LogP contribution < -0.4 is 10.2 Å². The maximum absolute atomic E-state index is 13.1. The van der Waals surface area contributed by atoms with Crippen molar-refractivity contribution in [1.82, 2.24) is 20.0 Å². The number of likely N-dealkylation sites (N-methyl/N-ethyl adjacent to an activating group) is 1. The largest absolute Gasteiger partial charge is 0.333 e. The third-order valence-electron chi connectivity index (χ3n) is 4.69. The van der Waals surface area contributed by atoms with Crippen molar-refractivity contribution in [1.29, 1.82) is 0 Å². The van der Waals surface area contributed by atoms with Gasteiger partial charge in [-0.05, 0) is 44.2 Å². The second-order valence-electron chi connectivity index (χ2n) is 6.90. The summed E-state index contributed by atoms with van der Waals surface area (Å²) in [5.74, 6) is -0.434. The van der Waals surface area contributed by atoms with Gasteiger partial charge < -0.3 is 15.1 Å². The molecule has 3 rings (SSSR count). The topological polar surface area (TPSA) is 70.5 Å². The number of carbonyl (C=O) groups is 2. The van der Waals surface area contributed by atoms with Crippen LogP contribution in [0.3, 0.4) is 0 Å². The Balaban J connectivity index is 1.52. The summed E-state index contributed by atoms with van der Waals surface area (Å²) in [6.07, 6.45) is 0.231. The number of carbonyl (C=O) groups excluding carboxylic acids is 2. The Kier molecular flexibility index (Phi) is 5.43. The molecule has 2 heterocycles. The summed E-state index contributed by atoms with van der Waals surface area (Å²) in [6.45, 7) is 5.41. The zero-order valence-electron chi connectivity index (χ0n) is 15.8. The molecule has 1 atom stereocenters. The molecule has 1 aromatic carbocycles. The van der Waals surface area contributed by atoms with E-state index in [1.165, 1.54) is 12.1 Å². The Morgan fingerprint density at radius 3 is 2.67 bits per heavy atom. The first-order valence-electron chi connectivity index (χ1n) is 8.92. The summed E-state index contributed by atoms with van der Waals surface area (Å²) in [5.41, 5.74) is 2.64. The molecule has 1 unspecified atom stereocenters. The SMILES string of the molecule is Cc1cc(C)n(CCN(C)C(=O)NC2CC(=O)N(c3ccc(F)cc3)C2)n1. The second kappa shape index (κ2) is 7.77. The molecular formula is C19H24FN5O2. The van der Waals surface area contributed by atoms with Crippen LogP contribution in [0.25, 0.3) is 0 Å². The van der Waals surface area contributed by atoms with Crippen LogP contribution in [0.5, 0.6) is 0 Å². The van der Waals surface area contributed by atoms with Crippen molar-refractivity contribution in [3.8, 4) is 0 Å². The highest BCUT2D eigenvalue weighted by Crippen LogP contribution is 2.21. The lowest BCUT2D eigenvalue weighted by atomic mass is 10.2. The molecule has 1 N–H and O–H groups in total. The molecule has 8 heteroatoms. The van der Waals surface area contributed by atoms with E-state index in [1.54, 1.807) is 29.0 Å². The van der Waals surface area contributed by atoms with E-state index in [9.17, 15) is 14.0 Å². The minimum absolute atomic E-state index is 0.0859. The van der Waals surface area contributed by atoms with Gasteiger partial charge in [0.2, 0.25) is 5.91 Å². The lowest BCUT2D eigenvalue weighted by molar-refractivity contribution is -0.117. The maximum Gasteiger partial charge on any atom is 0.317 e. The molecule has 1 saturated heterocycles. The minimum Gasteiger partial charge on any atom is -0.333 e. The quantitative estimate of drug-likeness (QED) is 0.872. The molecule has 7 nitrogen and oxygen atoms in total. The molecule has 1 fully saturated rings. The van der Waals surface area contributed by atoms with Gasteiger partial charge in [0, 0.05) is 37.9 Å². The van der Waals surface area contributed by atoms with Gasteiger partial charge in [-0.2, -0.15) is 5.10 Å². The Hall–Kier alpha value is -2.90. The number of anilines is 1. The third kappa shape index (κ3) is 4.45. The van der Waals surface area contributed by atoms with Crippen molar-refractivity contribution >= 4 is 17.6 Å². The van der Waals surface area contributed by atoms with Crippen LogP contribution in [0.2, 0.25) is 0 Å². The number of nitrogens with one attached hydrogen (secondary N) is 1. The third-order valence-corrected chi connectivity index (χ3v) is 4.69. The van der Waals surface area contributed by atoms with Crippen LogP contribution >= 0.6 is 0 Å². The van der Waals surface area contributed by atoms with Gasteiger partial charge >= 0.3 is 6.03 Å². The normalized spacial score (nSPS) is 16.7. The Morgan fingerprint density at radius 1 is 1.33 bits per heavy atom. The van der Waals surface area contributed by atoms with Gasteiger partial charge in [0.05, 0.1) is 18.3 Å². The summed E-state index contributed by atoms with van der Waals surface area (Å²) in [6, 6.07) is 7.27. The smallest absolute Gasteiger partial charge is 0.317 e. The monoisotopic (exact) mass is 373 g/mol. The summed E-state index contributed by atoms with van der Waals surface area (Å²) in [5, 5.41) is 7.28. The number of hydrogen-bond donors (Lipinski definition) is 1. The number of aromatic nitrogens is 2. The lowest BCUT2D eigenvalue weighted by Crippen LogP contribution is -2.45. The number of rotatable bonds is 5. The van der Waals surface area contributed by atoms with Crippen LogP contribution in [-0.4, -0.2) is 52.8 Å². The highest BCUT2D eigenvalue weighted by Gasteiger charge is 2.32. The molecule has 0 aliphatic carbocycles. The second-order valence-corrected chi connectivity index (χ2v) is 6.90. The molecule has 144 valence electrons. The predicted molar refractivity (Wildman–Crippen MR) is 100 cm³/mol. The molecule has 0 radical (unpaired) electrons. The number of aryl methyl sites for hydroxylation is 2. The van der Waals surface area contributed by atoms with Crippen molar-refractivity contribution in [3.63, 3.8) is 0 Å². The van der Waals surface area contributed by atoms with Crippen LogP contribution in [0.1, 0.15) is 17.8 Å². The molecule has 1 aromatic heterocycles. The van der Waals surface area contributed by atoms with Gasteiger partial charge in [0.1, 0.15) is 5.82 Å². The molecule has 3 amide bonds. The van der Waals surface area contributed by atoms with E-state index < -0.39 is 0 Å². The minimum atomic E-state index is -0.348. The number of hydrogen-bond acceptors (Lipinski definition) is 3. The van der Waals surface area contributed by atoms with E-state index in [0.29, 0.717) is 25.3 Å². The fourth-order valence-electron chi connectivity index (χ4n) is 3.21. The summed E-state index contributed by atoms with van der Waals surface area (Å²) in [7, 11) is 1.72. The first-order valence-corrected chi connectivity index (χ1v) is 8.92. The zero-order valence-corrected chi connectivity index (χ0v) is 15.8. The molecule has 2 aromatic rings. The van der Waals surface area contributed by atoms with Gasteiger partial charge in [0.15, 0.2) is 0 Å². The van der Waals surface area contributed by atoms with Crippen LogP contribution in [0, 0.1) is 19.7 Å². The number of urea groups is 1. The lowest BCUT2D eigenvalue weighted by Gasteiger charge is -2.21. The van der Waals surface area contributed by atoms with E-state index in [1.807, 2.05) is 24.6 Å². The van der Waals surface area contributed by atoms with Crippen molar-refractivity contribution in [2.24, 2.45) is 0 Å². The molecule has 1 aliphatic heterocycles. The van der Waals surface area contributed by atoms with Crippen LogP contribution in [0.4, 0.5) is 14.9 Å². The maximum atomic E-state index is 13.1. The highest BCUT2D eigenvalue weighted by molar-refractivity contribution is 5.96. The average molecular weight is 373 g/mol. The number of halogens is 1. The highest BCUT2D eigenvalue weighted by atomic mass is 19.1. The number of amides is 3. The molecule has 1 aliphatic rings. The van der Waals surface area contributed by atoms with E-state index in [4.69, 9.17) is 0 Å². The van der Waals surface area contributed by atoms with E-state index in [-0.39, 0.29) is 30.2 Å². The van der Waals surface area contributed by atoms with E-state index in [2.05, 4.69) is 10.4 Å². The van der Waals surface area contributed by atoms with Crippen molar-refractivity contribution < 1.29 is 14.0 Å². The van der Waals surface area contributed by atoms with Gasteiger partial charge in [-0.3, -0.25) is 9.48 Å². The fraction of sp³-hybridized carbons (Fsp3) is 0.421. The van der Waals surface area contributed by atoms with E-state index >= 15 is 0 Å². The van der Waals surface area contributed by atoms with Gasteiger partial charge in [-0.1, -0.05) is 0 Å². The first-order chi connectivity index (χ1) is 12.8. The van der Waals surface area contributed by atoms with Gasteiger partial charge in [-0.15, -0.1) is 0 Å². The van der Waals surface area contributed by atoms with Crippen LogP contribution in [0.15, 0.2) is 30.3 Å². The summed E-state index contributed by atoms with van der Waals surface area (Å²) in [4.78, 5) is 27.8. The van der Waals surface area contributed by atoms with Gasteiger partial charge in [-0.25, -0.2) is 9.18 Å². The molecular weight excluding hydrogens is 349 g/mol. The molecule has 0 saturated carbocycles. The summed E-state index contributed by atoms with van der Waals surface area (Å²) >= 11 is 0. The number of benzene rings is 1.